The first-order valence-corrected chi connectivity index (χ1v) is 16.7. The van der Waals surface area contributed by atoms with E-state index in [1.54, 1.807) is 13.8 Å². The van der Waals surface area contributed by atoms with Crippen molar-refractivity contribution in [2.24, 2.45) is 0 Å². The smallest absolute Gasteiger partial charge is 0.327 e. The number of fused-ring (bicyclic) bond motifs is 1. The Hall–Kier alpha value is -3.06. The molecule has 3 heterocycles. The molecule has 1 saturated heterocycles. The van der Waals surface area contributed by atoms with Crippen molar-refractivity contribution in [3.63, 3.8) is 0 Å². The van der Waals surface area contributed by atoms with Crippen LogP contribution in [0.2, 0.25) is 0 Å². The molecule has 3 rings (SSSR count). The zero-order valence-corrected chi connectivity index (χ0v) is 27.2. The fraction of sp³-hybridized carbons (Fsp3) is 0.667. The van der Waals surface area contributed by atoms with E-state index in [1.807, 2.05) is 0 Å². The van der Waals surface area contributed by atoms with Crippen LogP contribution in [0.5, 0.6) is 5.88 Å². The second-order valence-electron chi connectivity index (χ2n) is 10.4. The van der Waals surface area contributed by atoms with Crippen LogP contribution in [0.4, 0.5) is 10.7 Å². The molecule has 1 aliphatic rings. The van der Waals surface area contributed by atoms with E-state index in [1.165, 1.54) is 50.8 Å². The standard InChI is InChI=1S/C24H39N8O10PS/c1-13(2)42-20(35)14(3)29-43(38,44-10-15-19(34)31(6)23(36)30(15)5)41-9-8-40-21(24(4,37)11-33)32-12-26-16-17(32)27-22(25)28-18(16)39-7/h12-15,21,33,37H,8-11H2,1-7H3,(H,29,38)(H2,25,27,28)/t14-,15?,21+,24+,43?/m0/s1. The van der Waals surface area contributed by atoms with Gasteiger partial charge in [-0.05, 0) is 27.7 Å². The minimum absolute atomic E-state index is 0.0883. The number of amides is 3. The molecular weight excluding hydrogens is 623 g/mol. The van der Waals surface area contributed by atoms with Gasteiger partial charge in [0.1, 0.15) is 17.7 Å². The molecule has 2 aromatic rings. The van der Waals surface area contributed by atoms with Crippen LogP contribution in [0.25, 0.3) is 11.2 Å². The van der Waals surface area contributed by atoms with Gasteiger partial charge < -0.3 is 39.6 Å². The topological polar surface area (TPSA) is 234 Å². The number of hydrogen-bond donors (Lipinski definition) is 4. The van der Waals surface area contributed by atoms with Crippen molar-refractivity contribution in [1.82, 2.24) is 34.4 Å². The van der Waals surface area contributed by atoms with Crippen molar-refractivity contribution >= 4 is 53.1 Å². The van der Waals surface area contributed by atoms with E-state index >= 15 is 0 Å². The monoisotopic (exact) mass is 662 g/mol. The maximum atomic E-state index is 13.9. The normalized spacial score (nSPS) is 19.7. The van der Waals surface area contributed by atoms with Gasteiger partial charge in [0.2, 0.25) is 11.8 Å². The van der Waals surface area contributed by atoms with Gasteiger partial charge in [0.25, 0.3) is 5.91 Å². The predicted octanol–water partition coefficient (Wildman–Crippen LogP) is 0.356. The van der Waals surface area contributed by atoms with Gasteiger partial charge >= 0.3 is 18.7 Å². The number of nitrogens with one attached hydrogen (secondary N) is 1. The van der Waals surface area contributed by atoms with Crippen LogP contribution >= 0.6 is 18.1 Å². The second-order valence-corrected chi connectivity index (χ2v) is 14.7. The number of nitrogens with zero attached hydrogens (tertiary/aromatic N) is 6. The summed E-state index contributed by atoms with van der Waals surface area (Å²) in [4.78, 5) is 51.7. The summed E-state index contributed by atoms with van der Waals surface area (Å²) in [6, 6.07) is -2.47. The number of urea groups is 1. The Labute approximate surface area is 257 Å². The highest BCUT2D eigenvalue weighted by atomic mass is 32.7. The highest BCUT2D eigenvalue weighted by Gasteiger charge is 2.43. The number of ether oxygens (including phenoxy) is 3. The van der Waals surface area contributed by atoms with Gasteiger partial charge in [0.15, 0.2) is 17.4 Å². The third-order valence-corrected chi connectivity index (χ3v) is 10.6. The third kappa shape index (κ3) is 7.96. The Kier molecular flexibility index (Phi) is 11.6. The molecule has 1 fully saturated rings. The molecular formula is C24H39N8O10PS. The highest BCUT2D eigenvalue weighted by molar-refractivity contribution is 8.56. The summed E-state index contributed by atoms with van der Waals surface area (Å²) in [6.45, 7) is 0.818. The largest absolute Gasteiger partial charge is 0.479 e. The number of imidazole rings is 1. The lowest BCUT2D eigenvalue weighted by Gasteiger charge is -2.32. The van der Waals surface area contributed by atoms with Gasteiger partial charge in [-0.1, -0.05) is 11.4 Å². The van der Waals surface area contributed by atoms with Crippen molar-refractivity contribution < 1.29 is 47.9 Å². The van der Waals surface area contributed by atoms with Gasteiger partial charge in [-0.15, -0.1) is 0 Å². The van der Waals surface area contributed by atoms with E-state index in [2.05, 4.69) is 20.0 Å². The van der Waals surface area contributed by atoms with Crippen LogP contribution in [0, 0.1) is 0 Å². The molecule has 2 unspecified atom stereocenters. The van der Waals surface area contributed by atoms with Crippen LogP contribution in [0.15, 0.2) is 6.33 Å². The molecule has 18 nitrogen and oxygen atoms in total. The number of aliphatic hydroxyl groups is 2. The van der Waals surface area contributed by atoms with Crippen molar-refractivity contribution in [3.05, 3.63) is 6.33 Å². The molecule has 5 N–H and O–H groups in total. The maximum Gasteiger partial charge on any atom is 0.327 e. The molecule has 0 aliphatic carbocycles. The minimum atomic E-state index is -3.95. The molecule has 0 aromatic carbocycles. The second kappa shape index (κ2) is 14.4. The predicted molar refractivity (Wildman–Crippen MR) is 159 cm³/mol. The molecule has 1 aliphatic heterocycles. The van der Waals surface area contributed by atoms with Gasteiger partial charge in [-0.3, -0.25) is 23.6 Å². The van der Waals surface area contributed by atoms with Crippen LogP contribution in [0.3, 0.4) is 0 Å². The SMILES string of the molecule is COc1nc(N)nc2c1ncn2[C@H](OCCOP(=O)(N[C@@H](C)C(=O)OC(C)C)SCC1C(=O)N(C)C(=O)N1C)[C@](C)(O)CO. The van der Waals surface area contributed by atoms with Crippen molar-refractivity contribution in [2.45, 2.75) is 57.7 Å². The molecule has 3 amide bonds. The van der Waals surface area contributed by atoms with Crippen molar-refractivity contribution in [3.8, 4) is 5.88 Å². The average Bonchev–Trinajstić information content (AvgIpc) is 3.45. The maximum absolute atomic E-state index is 13.9. The molecule has 2 aromatic heterocycles. The van der Waals surface area contributed by atoms with E-state index in [0.717, 1.165) is 16.3 Å². The number of anilines is 1. The molecule has 5 atom stereocenters. The summed E-state index contributed by atoms with van der Waals surface area (Å²) in [5.74, 6) is -1.29. The minimum Gasteiger partial charge on any atom is -0.479 e. The number of nitrogen functional groups attached to an aromatic ring is 1. The number of nitrogens with two attached hydrogens (primary N) is 1. The Bertz CT molecular complexity index is 1410. The van der Waals surface area contributed by atoms with Gasteiger partial charge in [0, 0.05) is 19.8 Å². The molecule has 0 radical (unpaired) electrons. The number of imide groups is 1. The van der Waals surface area contributed by atoms with Crippen molar-refractivity contribution in [1.29, 1.82) is 0 Å². The first-order chi connectivity index (χ1) is 20.5. The summed E-state index contributed by atoms with van der Waals surface area (Å²) >= 11 is 0.740. The molecule has 44 heavy (non-hydrogen) atoms. The molecule has 20 heteroatoms. The third-order valence-electron chi connectivity index (χ3n) is 6.46. The molecule has 246 valence electrons. The molecule has 0 bridgehead atoms. The summed E-state index contributed by atoms with van der Waals surface area (Å²) in [5.41, 5.74) is 4.31. The number of rotatable bonds is 16. The first-order valence-electron chi connectivity index (χ1n) is 13.5. The fourth-order valence-corrected chi connectivity index (χ4v) is 8.10. The van der Waals surface area contributed by atoms with Gasteiger partial charge in [-0.2, -0.15) is 9.97 Å². The highest BCUT2D eigenvalue weighted by Crippen LogP contribution is 2.57. The number of likely N-dealkylation sites (N-methyl/N-ethyl adjacent to an activating group) is 2. The number of aromatic nitrogens is 4. The van der Waals surface area contributed by atoms with Gasteiger partial charge in [0.05, 0.1) is 39.4 Å². The average molecular weight is 663 g/mol. The van der Waals surface area contributed by atoms with Crippen LogP contribution in [-0.4, -0.2) is 128 Å². The van der Waals surface area contributed by atoms with Crippen molar-refractivity contribution in [2.75, 3.05) is 52.5 Å². The van der Waals surface area contributed by atoms with E-state index in [0.29, 0.717) is 0 Å². The summed E-state index contributed by atoms with van der Waals surface area (Å²) in [7, 11) is 4.17. The Morgan fingerprint density at radius 1 is 1.25 bits per heavy atom. The summed E-state index contributed by atoms with van der Waals surface area (Å²) < 4.78 is 37.3. The number of methoxy groups -OCH3 is 1. The number of hydrogen-bond acceptors (Lipinski definition) is 15. The van der Waals surface area contributed by atoms with E-state index < -0.39 is 61.3 Å². The zero-order chi connectivity index (χ0) is 33.0. The number of aliphatic hydroxyl groups excluding tert-OH is 1. The quantitative estimate of drug-likeness (QED) is 0.0822. The van der Waals surface area contributed by atoms with Crippen LogP contribution < -0.4 is 15.6 Å². The lowest BCUT2D eigenvalue weighted by atomic mass is 10.1. The zero-order valence-electron chi connectivity index (χ0n) is 25.5. The van der Waals surface area contributed by atoms with E-state index in [4.69, 9.17) is 24.5 Å². The van der Waals surface area contributed by atoms with E-state index in [9.17, 15) is 29.2 Å². The molecule has 0 saturated carbocycles. The number of esters is 1. The first kappa shape index (κ1) is 35.4. The number of carbonyl (C=O) groups excluding carboxylic acids is 3. The van der Waals surface area contributed by atoms with Crippen LogP contribution in [0.1, 0.15) is 33.9 Å². The Morgan fingerprint density at radius 2 is 1.93 bits per heavy atom. The van der Waals surface area contributed by atoms with Crippen LogP contribution in [-0.2, 0) is 28.2 Å². The lowest BCUT2D eigenvalue weighted by Crippen LogP contribution is -2.42. The summed E-state index contributed by atoms with van der Waals surface area (Å²) in [6.07, 6.45) is -0.406. The Balaban J connectivity index is 1.79. The summed E-state index contributed by atoms with van der Waals surface area (Å²) in [5, 5.41) is 23.5. The van der Waals surface area contributed by atoms with Gasteiger partial charge in [-0.25, -0.2) is 14.9 Å². The van der Waals surface area contributed by atoms with E-state index in [-0.39, 0.29) is 42.0 Å². The Morgan fingerprint density at radius 3 is 2.50 bits per heavy atom. The lowest BCUT2D eigenvalue weighted by molar-refractivity contribution is -0.158. The molecule has 0 spiro atoms. The number of carbonyl (C=O) groups is 3. The fourth-order valence-electron chi connectivity index (χ4n) is 4.12.